The third kappa shape index (κ3) is 5.35. The first-order valence-corrected chi connectivity index (χ1v) is 9.72. The summed E-state index contributed by atoms with van der Waals surface area (Å²) in [6, 6.07) is 10.8. The van der Waals surface area contributed by atoms with E-state index in [0.717, 1.165) is 12.8 Å². The Morgan fingerprint density at radius 3 is 2.63 bits per heavy atom. The molecule has 1 fully saturated rings. The van der Waals surface area contributed by atoms with Crippen molar-refractivity contribution >= 4 is 39.7 Å². The summed E-state index contributed by atoms with van der Waals surface area (Å²) in [7, 11) is -2.12. The first-order chi connectivity index (χ1) is 12.4. The molecule has 2 aromatic rings. The molecule has 0 saturated heterocycles. The third-order valence-electron chi connectivity index (χ3n) is 4.17. The Morgan fingerprint density at radius 1 is 1.22 bits per heavy atom. The standard InChI is InChI=1S/C18H21N3O4S.ClH/c1-25-14-7-8-16(19)17(10-14)21-18(22)13-3-2-4-15(9-13)26(23,24)20-11-12-5-6-12;/h2-4,7-10,12,20H,5-6,11,19H2,1H3,(H,21,22);1H. The van der Waals surface area contributed by atoms with Crippen LogP contribution in [0.25, 0.3) is 0 Å². The number of carbonyl (C=O) groups is 1. The second-order valence-corrected chi connectivity index (χ2v) is 8.00. The summed E-state index contributed by atoms with van der Waals surface area (Å²) >= 11 is 0. The highest BCUT2D eigenvalue weighted by molar-refractivity contribution is 7.89. The van der Waals surface area contributed by atoms with E-state index in [2.05, 4.69) is 10.0 Å². The second-order valence-electron chi connectivity index (χ2n) is 6.23. The lowest BCUT2D eigenvalue weighted by Gasteiger charge is -2.11. The summed E-state index contributed by atoms with van der Waals surface area (Å²) in [5, 5.41) is 2.68. The SMILES string of the molecule is COc1ccc(N)c(NC(=O)c2cccc(S(=O)(=O)NCC3CC3)c2)c1.Cl. The fourth-order valence-corrected chi connectivity index (χ4v) is 3.56. The number of nitrogens with one attached hydrogen (secondary N) is 2. The largest absolute Gasteiger partial charge is 0.497 e. The summed E-state index contributed by atoms with van der Waals surface area (Å²) < 4.78 is 32.4. The van der Waals surface area contributed by atoms with E-state index >= 15 is 0 Å². The maximum atomic E-state index is 12.5. The van der Waals surface area contributed by atoms with Gasteiger partial charge in [0.25, 0.3) is 5.91 Å². The molecule has 27 heavy (non-hydrogen) atoms. The predicted molar refractivity (Wildman–Crippen MR) is 107 cm³/mol. The number of nitrogen functional groups attached to an aromatic ring is 1. The van der Waals surface area contributed by atoms with E-state index in [0.29, 0.717) is 29.6 Å². The molecule has 4 N–H and O–H groups in total. The Morgan fingerprint density at radius 2 is 1.96 bits per heavy atom. The number of hydrogen-bond acceptors (Lipinski definition) is 5. The van der Waals surface area contributed by atoms with Crippen molar-refractivity contribution in [2.45, 2.75) is 17.7 Å². The van der Waals surface area contributed by atoms with Gasteiger partial charge in [0.1, 0.15) is 5.75 Å². The molecular weight excluding hydrogens is 390 g/mol. The number of rotatable bonds is 7. The smallest absolute Gasteiger partial charge is 0.255 e. The molecule has 9 heteroatoms. The molecule has 3 rings (SSSR count). The van der Waals surface area contributed by atoms with Gasteiger partial charge >= 0.3 is 0 Å². The lowest BCUT2D eigenvalue weighted by Crippen LogP contribution is -2.26. The third-order valence-corrected chi connectivity index (χ3v) is 5.60. The van der Waals surface area contributed by atoms with Crippen LogP contribution in [0.2, 0.25) is 0 Å². The van der Waals surface area contributed by atoms with Crippen LogP contribution in [0.3, 0.4) is 0 Å². The number of benzene rings is 2. The van der Waals surface area contributed by atoms with Crippen LogP contribution in [0.4, 0.5) is 11.4 Å². The van der Waals surface area contributed by atoms with E-state index in [-0.39, 0.29) is 22.9 Å². The minimum atomic E-state index is -3.64. The Balaban J connectivity index is 0.00000261. The van der Waals surface area contributed by atoms with Gasteiger partial charge in [0.15, 0.2) is 0 Å². The van der Waals surface area contributed by atoms with Gasteiger partial charge in [-0.25, -0.2) is 13.1 Å². The van der Waals surface area contributed by atoms with Crippen molar-refractivity contribution in [3.8, 4) is 5.75 Å². The van der Waals surface area contributed by atoms with Crippen molar-refractivity contribution in [3.05, 3.63) is 48.0 Å². The molecule has 7 nitrogen and oxygen atoms in total. The van der Waals surface area contributed by atoms with Crippen LogP contribution in [0.1, 0.15) is 23.2 Å². The molecule has 1 aliphatic rings. The van der Waals surface area contributed by atoms with Crippen molar-refractivity contribution in [3.63, 3.8) is 0 Å². The Labute approximate surface area is 164 Å². The molecule has 0 unspecified atom stereocenters. The Kier molecular flexibility index (Phi) is 6.69. The summed E-state index contributed by atoms with van der Waals surface area (Å²) in [6.07, 6.45) is 2.10. The predicted octanol–water partition coefficient (Wildman–Crippen LogP) is 2.64. The van der Waals surface area contributed by atoms with Crippen molar-refractivity contribution < 1.29 is 17.9 Å². The molecule has 0 heterocycles. The minimum absolute atomic E-state index is 0. The summed E-state index contributed by atoms with van der Waals surface area (Å²) in [5.41, 5.74) is 6.87. The Bertz CT molecular complexity index is 930. The number of methoxy groups -OCH3 is 1. The average molecular weight is 412 g/mol. The van der Waals surface area contributed by atoms with Crippen molar-refractivity contribution in [1.29, 1.82) is 0 Å². The van der Waals surface area contributed by atoms with Gasteiger partial charge in [0.2, 0.25) is 10.0 Å². The number of ether oxygens (including phenoxy) is 1. The second kappa shape index (κ2) is 8.60. The van der Waals surface area contributed by atoms with E-state index in [4.69, 9.17) is 10.5 Å². The molecule has 1 aliphatic carbocycles. The van der Waals surface area contributed by atoms with Crippen LogP contribution in [0.15, 0.2) is 47.4 Å². The van der Waals surface area contributed by atoms with Gasteiger partial charge in [-0.05, 0) is 49.1 Å². The minimum Gasteiger partial charge on any atom is -0.497 e. The van der Waals surface area contributed by atoms with E-state index in [1.54, 1.807) is 24.3 Å². The summed E-state index contributed by atoms with van der Waals surface area (Å²) in [6.45, 7) is 0.430. The zero-order valence-corrected chi connectivity index (χ0v) is 16.4. The van der Waals surface area contributed by atoms with E-state index < -0.39 is 15.9 Å². The number of amides is 1. The van der Waals surface area contributed by atoms with Gasteiger partial charge in [-0.15, -0.1) is 12.4 Å². The lowest BCUT2D eigenvalue weighted by atomic mass is 10.2. The van der Waals surface area contributed by atoms with Crippen molar-refractivity contribution in [2.75, 3.05) is 24.7 Å². The van der Waals surface area contributed by atoms with Gasteiger partial charge in [-0.3, -0.25) is 4.79 Å². The van der Waals surface area contributed by atoms with E-state index in [1.807, 2.05) is 0 Å². The lowest BCUT2D eigenvalue weighted by molar-refractivity contribution is 0.102. The topological polar surface area (TPSA) is 111 Å². The van der Waals surface area contributed by atoms with Crippen molar-refractivity contribution in [2.24, 2.45) is 5.92 Å². The summed E-state index contributed by atoms with van der Waals surface area (Å²) in [5.74, 6) is 0.520. The van der Waals surface area contributed by atoms with Crippen LogP contribution in [-0.2, 0) is 10.0 Å². The quantitative estimate of drug-likeness (QED) is 0.606. The fourth-order valence-electron chi connectivity index (χ4n) is 2.40. The fraction of sp³-hybridized carbons (Fsp3) is 0.278. The highest BCUT2D eigenvalue weighted by Gasteiger charge is 2.24. The molecule has 1 amide bonds. The molecular formula is C18H22ClN3O4S. The number of carbonyl (C=O) groups excluding carboxylic acids is 1. The average Bonchev–Trinajstić information content (AvgIpc) is 3.46. The van der Waals surface area contributed by atoms with Gasteiger partial charge < -0.3 is 15.8 Å². The zero-order chi connectivity index (χ0) is 18.7. The Hall–Kier alpha value is -2.29. The molecule has 1 saturated carbocycles. The first kappa shape index (κ1) is 21.0. The molecule has 0 bridgehead atoms. The maximum absolute atomic E-state index is 12.5. The first-order valence-electron chi connectivity index (χ1n) is 8.23. The maximum Gasteiger partial charge on any atom is 0.255 e. The molecule has 146 valence electrons. The van der Waals surface area contributed by atoms with Gasteiger partial charge in [0, 0.05) is 18.2 Å². The monoisotopic (exact) mass is 411 g/mol. The molecule has 0 aliphatic heterocycles. The summed E-state index contributed by atoms with van der Waals surface area (Å²) in [4.78, 5) is 12.6. The number of sulfonamides is 1. The van der Waals surface area contributed by atoms with Crippen LogP contribution in [0, 0.1) is 5.92 Å². The van der Waals surface area contributed by atoms with E-state index in [9.17, 15) is 13.2 Å². The van der Waals surface area contributed by atoms with E-state index in [1.165, 1.54) is 25.3 Å². The normalized spacial score (nSPS) is 13.5. The molecule has 0 spiro atoms. The number of hydrogen-bond donors (Lipinski definition) is 3. The van der Waals surface area contributed by atoms with Crippen molar-refractivity contribution in [1.82, 2.24) is 4.72 Å². The molecule has 0 aromatic heterocycles. The highest BCUT2D eigenvalue weighted by atomic mass is 35.5. The van der Waals surface area contributed by atoms with Gasteiger partial charge in [-0.2, -0.15) is 0 Å². The number of halogens is 1. The van der Waals surface area contributed by atoms with Crippen LogP contribution < -0.4 is 20.5 Å². The number of nitrogens with two attached hydrogens (primary N) is 1. The van der Waals surface area contributed by atoms with Crippen LogP contribution >= 0.6 is 12.4 Å². The molecule has 0 radical (unpaired) electrons. The zero-order valence-electron chi connectivity index (χ0n) is 14.8. The van der Waals surface area contributed by atoms with Gasteiger partial charge in [0.05, 0.1) is 23.4 Å². The van der Waals surface area contributed by atoms with Gasteiger partial charge in [-0.1, -0.05) is 6.07 Å². The van der Waals surface area contributed by atoms with Crippen LogP contribution in [-0.4, -0.2) is 28.0 Å². The number of anilines is 2. The van der Waals surface area contributed by atoms with Crippen LogP contribution in [0.5, 0.6) is 5.75 Å². The molecule has 2 aromatic carbocycles. The molecule has 0 atom stereocenters. The highest BCUT2D eigenvalue weighted by Crippen LogP contribution is 2.28.